The zero-order valence-corrected chi connectivity index (χ0v) is 15.6. The predicted octanol–water partition coefficient (Wildman–Crippen LogP) is 6.01. The van der Waals surface area contributed by atoms with Gasteiger partial charge in [0.1, 0.15) is 0 Å². The third-order valence-electron chi connectivity index (χ3n) is 3.45. The van der Waals surface area contributed by atoms with Gasteiger partial charge >= 0.3 is 0 Å². The molecule has 1 heterocycles. The lowest BCUT2D eigenvalue weighted by molar-refractivity contribution is 0.530. The lowest BCUT2D eigenvalue weighted by Crippen LogP contribution is -2.24. The smallest absolute Gasteiger partial charge is 0.0417 e. The topological polar surface area (TPSA) is 12.0 Å². The number of halogens is 2. The summed E-state index contributed by atoms with van der Waals surface area (Å²) in [7, 11) is 0. The molecule has 0 aliphatic carbocycles. The third-order valence-corrected chi connectivity index (χ3v) is 5.62. The number of hydrogen-bond donors (Lipinski definition) is 1. The van der Waals surface area contributed by atoms with Crippen LogP contribution in [0.2, 0.25) is 5.02 Å². The van der Waals surface area contributed by atoms with Crippen molar-refractivity contribution in [1.29, 1.82) is 0 Å². The van der Waals surface area contributed by atoms with E-state index in [4.69, 9.17) is 11.6 Å². The summed E-state index contributed by atoms with van der Waals surface area (Å²) >= 11 is 11.6. The molecule has 0 saturated carbocycles. The van der Waals surface area contributed by atoms with Crippen LogP contribution in [-0.2, 0) is 12.8 Å². The molecule has 0 saturated heterocycles. The number of thiophene rings is 1. The highest BCUT2D eigenvalue weighted by Gasteiger charge is 2.16. The standard InChI is InChI=1S/C17H21BrClNS/c1-3-9-20-17(11-14-7-6-13(4-2)21-14)15-8-5-12(19)10-16(15)18/h5-8,10,17,20H,3-4,9,11H2,1-2H3. The van der Waals surface area contributed by atoms with Gasteiger partial charge in [0.05, 0.1) is 0 Å². The average molecular weight is 387 g/mol. The van der Waals surface area contributed by atoms with E-state index in [2.05, 4.69) is 53.3 Å². The maximum absolute atomic E-state index is 6.06. The predicted molar refractivity (Wildman–Crippen MR) is 97.6 cm³/mol. The Kier molecular flexibility index (Phi) is 6.74. The Morgan fingerprint density at radius 1 is 1.19 bits per heavy atom. The van der Waals surface area contributed by atoms with Gasteiger partial charge in [-0.25, -0.2) is 0 Å². The van der Waals surface area contributed by atoms with Gasteiger partial charge in [-0.3, -0.25) is 0 Å². The first-order valence-electron chi connectivity index (χ1n) is 7.40. The van der Waals surface area contributed by atoms with E-state index in [1.807, 2.05) is 23.5 Å². The molecule has 21 heavy (non-hydrogen) atoms. The molecule has 1 N–H and O–H groups in total. The van der Waals surface area contributed by atoms with Crippen LogP contribution in [0.25, 0.3) is 0 Å². The molecule has 1 aromatic heterocycles. The first kappa shape index (κ1) is 17.0. The molecular formula is C17H21BrClNS. The Balaban J connectivity index is 2.20. The Bertz CT molecular complexity index is 582. The number of nitrogens with one attached hydrogen (secondary N) is 1. The first-order valence-corrected chi connectivity index (χ1v) is 9.38. The van der Waals surface area contributed by atoms with E-state index in [0.717, 1.165) is 35.3 Å². The zero-order chi connectivity index (χ0) is 15.2. The van der Waals surface area contributed by atoms with Crippen LogP contribution < -0.4 is 5.32 Å². The molecule has 1 nitrogen and oxygen atoms in total. The molecule has 2 rings (SSSR count). The van der Waals surface area contributed by atoms with Crippen molar-refractivity contribution in [3.05, 3.63) is 55.1 Å². The van der Waals surface area contributed by atoms with Crippen LogP contribution in [0.5, 0.6) is 0 Å². The number of rotatable bonds is 7. The van der Waals surface area contributed by atoms with E-state index in [-0.39, 0.29) is 0 Å². The molecule has 0 spiro atoms. The van der Waals surface area contributed by atoms with Crippen molar-refractivity contribution >= 4 is 38.9 Å². The molecule has 1 unspecified atom stereocenters. The highest BCUT2D eigenvalue weighted by Crippen LogP contribution is 2.30. The summed E-state index contributed by atoms with van der Waals surface area (Å²) in [5.41, 5.74) is 1.28. The molecule has 0 aliphatic rings. The van der Waals surface area contributed by atoms with Crippen LogP contribution in [-0.4, -0.2) is 6.54 Å². The number of aryl methyl sites for hydroxylation is 1. The Morgan fingerprint density at radius 3 is 2.57 bits per heavy atom. The second-order valence-electron chi connectivity index (χ2n) is 5.10. The normalized spacial score (nSPS) is 12.6. The Hall–Kier alpha value is -0.350. The minimum Gasteiger partial charge on any atom is -0.310 e. The average Bonchev–Trinajstić information content (AvgIpc) is 2.91. The molecule has 0 radical (unpaired) electrons. The van der Waals surface area contributed by atoms with Crippen LogP contribution in [0.1, 0.15) is 41.6 Å². The SMILES string of the molecule is CCCNC(Cc1ccc(CC)s1)c1ccc(Cl)cc1Br. The van der Waals surface area contributed by atoms with E-state index >= 15 is 0 Å². The summed E-state index contributed by atoms with van der Waals surface area (Å²) in [6.07, 6.45) is 3.26. The lowest BCUT2D eigenvalue weighted by atomic mass is 10.0. The van der Waals surface area contributed by atoms with Crippen molar-refractivity contribution in [2.45, 2.75) is 39.2 Å². The molecule has 2 aromatic rings. The maximum atomic E-state index is 6.06. The fraction of sp³-hybridized carbons (Fsp3) is 0.412. The van der Waals surface area contributed by atoms with Crippen LogP contribution in [0.15, 0.2) is 34.8 Å². The van der Waals surface area contributed by atoms with Gasteiger partial charge in [0.2, 0.25) is 0 Å². The van der Waals surface area contributed by atoms with Crippen molar-refractivity contribution in [3.8, 4) is 0 Å². The van der Waals surface area contributed by atoms with Crippen molar-refractivity contribution in [2.24, 2.45) is 0 Å². The fourth-order valence-electron chi connectivity index (χ4n) is 2.32. The molecule has 0 amide bonds. The Labute approximate surface area is 144 Å². The van der Waals surface area contributed by atoms with Gasteiger partial charge in [0.25, 0.3) is 0 Å². The van der Waals surface area contributed by atoms with Crippen LogP contribution in [0.3, 0.4) is 0 Å². The van der Waals surface area contributed by atoms with Gasteiger partial charge in [0.15, 0.2) is 0 Å². The zero-order valence-electron chi connectivity index (χ0n) is 12.5. The summed E-state index contributed by atoms with van der Waals surface area (Å²) in [6, 6.07) is 10.9. The fourth-order valence-corrected chi connectivity index (χ4v) is 4.28. The largest absolute Gasteiger partial charge is 0.310 e. The summed E-state index contributed by atoms with van der Waals surface area (Å²) in [6.45, 7) is 5.42. The van der Waals surface area contributed by atoms with E-state index in [9.17, 15) is 0 Å². The summed E-state index contributed by atoms with van der Waals surface area (Å²) in [5.74, 6) is 0. The third kappa shape index (κ3) is 4.82. The lowest BCUT2D eigenvalue weighted by Gasteiger charge is -2.20. The van der Waals surface area contributed by atoms with Gasteiger partial charge in [-0.1, -0.05) is 47.4 Å². The molecule has 0 bridgehead atoms. The van der Waals surface area contributed by atoms with Crippen molar-refractivity contribution in [3.63, 3.8) is 0 Å². The molecule has 114 valence electrons. The first-order chi connectivity index (χ1) is 10.1. The Morgan fingerprint density at radius 2 is 1.95 bits per heavy atom. The maximum Gasteiger partial charge on any atom is 0.0417 e. The van der Waals surface area contributed by atoms with Gasteiger partial charge in [0, 0.05) is 31.7 Å². The van der Waals surface area contributed by atoms with Gasteiger partial charge in [-0.05, 0) is 49.2 Å². The van der Waals surface area contributed by atoms with Gasteiger partial charge in [-0.2, -0.15) is 0 Å². The number of hydrogen-bond acceptors (Lipinski definition) is 2. The number of benzene rings is 1. The molecule has 1 atom stereocenters. The minimum atomic E-state index is 0.319. The van der Waals surface area contributed by atoms with E-state index in [0.29, 0.717) is 6.04 Å². The van der Waals surface area contributed by atoms with Crippen LogP contribution in [0.4, 0.5) is 0 Å². The second-order valence-corrected chi connectivity index (χ2v) is 7.64. The van der Waals surface area contributed by atoms with E-state index in [1.54, 1.807) is 0 Å². The second kappa shape index (κ2) is 8.33. The summed E-state index contributed by atoms with van der Waals surface area (Å²) < 4.78 is 1.08. The van der Waals surface area contributed by atoms with E-state index < -0.39 is 0 Å². The van der Waals surface area contributed by atoms with E-state index in [1.165, 1.54) is 15.3 Å². The van der Waals surface area contributed by atoms with Crippen molar-refractivity contribution in [1.82, 2.24) is 5.32 Å². The molecule has 0 fully saturated rings. The quantitative estimate of drug-likeness (QED) is 0.614. The highest BCUT2D eigenvalue weighted by atomic mass is 79.9. The molecule has 0 aliphatic heterocycles. The summed E-state index contributed by atoms with van der Waals surface area (Å²) in [4.78, 5) is 2.89. The summed E-state index contributed by atoms with van der Waals surface area (Å²) in [5, 5.41) is 4.42. The van der Waals surface area contributed by atoms with Crippen LogP contribution >= 0.6 is 38.9 Å². The van der Waals surface area contributed by atoms with Crippen molar-refractivity contribution < 1.29 is 0 Å². The van der Waals surface area contributed by atoms with Gasteiger partial charge < -0.3 is 5.32 Å². The molecular weight excluding hydrogens is 366 g/mol. The molecule has 1 aromatic carbocycles. The molecule has 4 heteroatoms. The van der Waals surface area contributed by atoms with Crippen molar-refractivity contribution in [2.75, 3.05) is 6.54 Å². The van der Waals surface area contributed by atoms with Crippen LogP contribution in [0, 0.1) is 0 Å². The van der Waals surface area contributed by atoms with Gasteiger partial charge in [-0.15, -0.1) is 11.3 Å². The highest BCUT2D eigenvalue weighted by molar-refractivity contribution is 9.10. The minimum absolute atomic E-state index is 0.319. The monoisotopic (exact) mass is 385 g/mol.